The molecular formula is C10H19N3O3. The Kier molecular flexibility index (Phi) is 5.37. The van der Waals surface area contributed by atoms with E-state index in [1.54, 1.807) is 7.11 Å². The number of amides is 2. The fourth-order valence-electron chi connectivity index (χ4n) is 1.51. The second-order valence-corrected chi connectivity index (χ2v) is 3.92. The van der Waals surface area contributed by atoms with Crippen LogP contribution in [-0.4, -0.2) is 63.2 Å². The number of rotatable bonds is 7. The average Bonchev–Trinajstić information content (AvgIpc) is 2.55. The van der Waals surface area contributed by atoms with Gasteiger partial charge in [0.1, 0.15) is 0 Å². The summed E-state index contributed by atoms with van der Waals surface area (Å²) in [6.45, 7) is 3.06. The predicted octanol–water partition coefficient (Wildman–Crippen LogP) is -1.43. The smallest absolute Gasteiger partial charge is 0.244 e. The maximum absolute atomic E-state index is 11.2. The summed E-state index contributed by atoms with van der Waals surface area (Å²) in [4.78, 5) is 24.2. The van der Waals surface area contributed by atoms with Gasteiger partial charge < -0.3 is 15.0 Å². The van der Waals surface area contributed by atoms with Crippen molar-refractivity contribution in [1.82, 2.24) is 15.5 Å². The molecule has 1 aliphatic heterocycles. The van der Waals surface area contributed by atoms with E-state index in [2.05, 4.69) is 15.5 Å². The SMILES string of the molecule is COCCN(C)CCNC1CC(=O)NC1=O. The molecule has 0 saturated carbocycles. The average molecular weight is 229 g/mol. The molecule has 6 heteroatoms. The third-order valence-corrected chi connectivity index (χ3v) is 2.53. The van der Waals surface area contributed by atoms with Crippen molar-refractivity contribution in [1.29, 1.82) is 0 Å². The van der Waals surface area contributed by atoms with Crippen molar-refractivity contribution in [3.63, 3.8) is 0 Å². The largest absolute Gasteiger partial charge is 0.383 e. The number of ether oxygens (including phenoxy) is 1. The Balaban J connectivity index is 2.11. The first-order chi connectivity index (χ1) is 7.63. The molecule has 0 bridgehead atoms. The lowest BCUT2D eigenvalue weighted by molar-refractivity contribution is -0.125. The van der Waals surface area contributed by atoms with Gasteiger partial charge in [0, 0.05) is 26.7 Å². The first-order valence-corrected chi connectivity index (χ1v) is 5.38. The van der Waals surface area contributed by atoms with Gasteiger partial charge in [-0.1, -0.05) is 0 Å². The lowest BCUT2D eigenvalue weighted by Crippen LogP contribution is -2.40. The molecular weight excluding hydrogens is 210 g/mol. The number of nitrogens with one attached hydrogen (secondary N) is 2. The minimum Gasteiger partial charge on any atom is -0.383 e. The van der Waals surface area contributed by atoms with Crippen molar-refractivity contribution >= 4 is 11.8 Å². The van der Waals surface area contributed by atoms with Crippen LogP contribution >= 0.6 is 0 Å². The Labute approximate surface area is 95.3 Å². The van der Waals surface area contributed by atoms with Gasteiger partial charge in [0.2, 0.25) is 11.8 Å². The van der Waals surface area contributed by atoms with E-state index in [-0.39, 0.29) is 24.3 Å². The monoisotopic (exact) mass is 229 g/mol. The summed E-state index contributed by atoms with van der Waals surface area (Å²) in [6, 6.07) is -0.358. The number of likely N-dealkylation sites (N-methyl/N-ethyl adjacent to an activating group) is 1. The first-order valence-electron chi connectivity index (χ1n) is 5.38. The molecule has 0 spiro atoms. The van der Waals surface area contributed by atoms with Crippen molar-refractivity contribution in [3.05, 3.63) is 0 Å². The number of methoxy groups -OCH3 is 1. The van der Waals surface area contributed by atoms with E-state index >= 15 is 0 Å². The first kappa shape index (κ1) is 13.1. The standard InChI is InChI=1S/C10H19N3O3/c1-13(5-6-16-2)4-3-11-8-7-9(14)12-10(8)15/h8,11H,3-7H2,1-2H3,(H,12,14,15). The van der Waals surface area contributed by atoms with E-state index in [0.717, 1.165) is 13.1 Å². The van der Waals surface area contributed by atoms with Crippen LogP contribution in [-0.2, 0) is 14.3 Å². The Hall–Kier alpha value is -0.980. The van der Waals surface area contributed by atoms with E-state index < -0.39 is 0 Å². The molecule has 1 aliphatic rings. The summed E-state index contributed by atoms with van der Waals surface area (Å²) >= 11 is 0. The van der Waals surface area contributed by atoms with Crippen molar-refractivity contribution in [2.75, 3.05) is 40.4 Å². The molecule has 0 aliphatic carbocycles. The van der Waals surface area contributed by atoms with Crippen LogP contribution in [0.5, 0.6) is 0 Å². The highest BCUT2D eigenvalue weighted by atomic mass is 16.5. The van der Waals surface area contributed by atoms with Gasteiger partial charge in [-0.15, -0.1) is 0 Å². The molecule has 2 N–H and O–H groups in total. The maximum Gasteiger partial charge on any atom is 0.244 e. The molecule has 1 heterocycles. The van der Waals surface area contributed by atoms with Crippen LogP contribution in [0.1, 0.15) is 6.42 Å². The van der Waals surface area contributed by atoms with E-state index in [4.69, 9.17) is 4.74 Å². The number of nitrogens with zero attached hydrogens (tertiary/aromatic N) is 1. The van der Waals surface area contributed by atoms with Gasteiger partial charge in [-0.3, -0.25) is 14.9 Å². The molecule has 0 aromatic rings. The molecule has 2 amide bonds. The number of carbonyl (C=O) groups excluding carboxylic acids is 2. The Morgan fingerprint density at radius 1 is 1.50 bits per heavy atom. The number of imide groups is 1. The molecule has 0 aromatic carbocycles. The molecule has 1 saturated heterocycles. The second kappa shape index (κ2) is 6.57. The van der Waals surface area contributed by atoms with Crippen LogP contribution in [0.25, 0.3) is 0 Å². The highest BCUT2D eigenvalue weighted by molar-refractivity contribution is 6.05. The molecule has 1 fully saturated rings. The lowest BCUT2D eigenvalue weighted by Gasteiger charge is -2.17. The van der Waals surface area contributed by atoms with Crippen molar-refractivity contribution < 1.29 is 14.3 Å². The zero-order valence-electron chi connectivity index (χ0n) is 9.78. The zero-order chi connectivity index (χ0) is 12.0. The third-order valence-electron chi connectivity index (χ3n) is 2.53. The fraction of sp³-hybridized carbons (Fsp3) is 0.800. The number of hydrogen-bond donors (Lipinski definition) is 2. The van der Waals surface area contributed by atoms with Crippen LogP contribution in [0, 0.1) is 0 Å². The van der Waals surface area contributed by atoms with Crippen molar-refractivity contribution in [3.8, 4) is 0 Å². The molecule has 1 rings (SSSR count). The molecule has 1 unspecified atom stereocenters. The summed E-state index contributed by atoms with van der Waals surface area (Å²) in [5.41, 5.74) is 0. The van der Waals surface area contributed by atoms with E-state index in [9.17, 15) is 9.59 Å². The summed E-state index contributed by atoms with van der Waals surface area (Å²) in [5, 5.41) is 5.32. The zero-order valence-corrected chi connectivity index (χ0v) is 9.78. The minimum atomic E-state index is -0.358. The van der Waals surface area contributed by atoms with Gasteiger partial charge in [0.25, 0.3) is 0 Å². The number of carbonyl (C=O) groups is 2. The highest BCUT2D eigenvalue weighted by Gasteiger charge is 2.29. The number of hydrogen-bond acceptors (Lipinski definition) is 5. The van der Waals surface area contributed by atoms with Gasteiger partial charge in [-0.2, -0.15) is 0 Å². The van der Waals surface area contributed by atoms with Gasteiger partial charge in [0.05, 0.1) is 19.1 Å². The molecule has 1 atom stereocenters. The molecule has 6 nitrogen and oxygen atoms in total. The van der Waals surface area contributed by atoms with Crippen molar-refractivity contribution in [2.45, 2.75) is 12.5 Å². The van der Waals surface area contributed by atoms with Gasteiger partial charge in [0.15, 0.2) is 0 Å². The molecule has 16 heavy (non-hydrogen) atoms. The summed E-state index contributed by atoms with van der Waals surface area (Å²) in [7, 11) is 3.65. The van der Waals surface area contributed by atoms with E-state index in [1.807, 2.05) is 7.05 Å². The Morgan fingerprint density at radius 3 is 2.81 bits per heavy atom. The molecule has 0 radical (unpaired) electrons. The fourth-order valence-corrected chi connectivity index (χ4v) is 1.51. The van der Waals surface area contributed by atoms with Gasteiger partial charge in [-0.05, 0) is 7.05 Å². The van der Waals surface area contributed by atoms with Gasteiger partial charge in [-0.25, -0.2) is 0 Å². The summed E-state index contributed by atoms with van der Waals surface area (Å²) < 4.78 is 4.95. The Bertz CT molecular complexity index is 258. The highest BCUT2D eigenvalue weighted by Crippen LogP contribution is 2.00. The van der Waals surface area contributed by atoms with E-state index in [0.29, 0.717) is 13.2 Å². The van der Waals surface area contributed by atoms with Crippen LogP contribution in [0.4, 0.5) is 0 Å². The van der Waals surface area contributed by atoms with Gasteiger partial charge >= 0.3 is 0 Å². The summed E-state index contributed by atoms with van der Waals surface area (Å²) in [5.74, 6) is -0.417. The van der Waals surface area contributed by atoms with Crippen LogP contribution in [0.3, 0.4) is 0 Å². The van der Waals surface area contributed by atoms with Crippen LogP contribution < -0.4 is 10.6 Å². The van der Waals surface area contributed by atoms with Crippen LogP contribution in [0.2, 0.25) is 0 Å². The third kappa shape index (κ3) is 4.26. The lowest BCUT2D eigenvalue weighted by atomic mass is 10.2. The summed E-state index contributed by atoms with van der Waals surface area (Å²) in [6.07, 6.45) is 0.251. The molecule has 0 aromatic heterocycles. The minimum absolute atomic E-state index is 0.199. The normalized spacial score (nSPS) is 20.6. The quantitative estimate of drug-likeness (QED) is 0.524. The topological polar surface area (TPSA) is 70.7 Å². The Morgan fingerprint density at radius 2 is 2.25 bits per heavy atom. The molecule has 92 valence electrons. The maximum atomic E-state index is 11.2. The predicted molar refractivity (Wildman–Crippen MR) is 58.9 cm³/mol. The van der Waals surface area contributed by atoms with Crippen LogP contribution in [0.15, 0.2) is 0 Å². The van der Waals surface area contributed by atoms with Crippen molar-refractivity contribution in [2.24, 2.45) is 0 Å². The second-order valence-electron chi connectivity index (χ2n) is 3.92. The van der Waals surface area contributed by atoms with E-state index in [1.165, 1.54) is 0 Å².